The molecule has 0 spiro atoms. The van der Waals surface area contributed by atoms with Crippen molar-refractivity contribution in [1.29, 1.82) is 0 Å². The van der Waals surface area contributed by atoms with Gasteiger partial charge >= 0.3 is 0 Å². The third kappa shape index (κ3) is 4.55. The summed E-state index contributed by atoms with van der Waals surface area (Å²) in [5.74, 6) is 2.69. The molecule has 2 aromatic heterocycles. The van der Waals surface area contributed by atoms with Gasteiger partial charge in [-0.05, 0) is 63.8 Å². The highest BCUT2D eigenvalue weighted by Gasteiger charge is 2.19. The summed E-state index contributed by atoms with van der Waals surface area (Å²) in [5.41, 5.74) is 2.60. The lowest BCUT2D eigenvalue weighted by molar-refractivity contribution is 0.373. The van der Waals surface area contributed by atoms with Gasteiger partial charge in [0.05, 0.1) is 11.4 Å². The fourth-order valence-corrected chi connectivity index (χ4v) is 5.49. The minimum absolute atomic E-state index is 0.731. The summed E-state index contributed by atoms with van der Waals surface area (Å²) in [4.78, 5) is 11.0. The standard InChI is InChI=1S/C21H31N3OS/c1-15-23-17-9-6-7-16(11-12-19(17)25-15)13-22-14-21-24-18-8-4-2-3-5-10-20(18)26-21/h16,22H,2-14H2,1H3. The van der Waals surface area contributed by atoms with E-state index in [0.29, 0.717) is 0 Å². The largest absolute Gasteiger partial charge is 0.446 e. The average molecular weight is 374 g/mol. The Labute approximate surface area is 160 Å². The lowest BCUT2D eigenvalue weighted by atomic mass is 9.92. The Kier molecular flexibility index (Phi) is 6.05. The van der Waals surface area contributed by atoms with Gasteiger partial charge in [0.25, 0.3) is 0 Å². The van der Waals surface area contributed by atoms with Gasteiger partial charge in [0, 0.05) is 24.8 Å². The molecule has 0 fully saturated rings. The molecule has 1 atom stereocenters. The van der Waals surface area contributed by atoms with Gasteiger partial charge in [0.15, 0.2) is 5.89 Å². The average Bonchev–Trinajstić information content (AvgIpc) is 3.12. The smallest absolute Gasteiger partial charge is 0.191 e. The zero-order chi connectivity index (χ0) is 17.8. The third-order valence-electron chi connectivity index (χ3n) is 5.79. The van der Waals surface area contributed by atoms with Crippen LogP contribution in [0.15, 0.2) is 4.42 Å². The number of hydrogen-bond donors (Lipinski definition) is 1. The molecular weight excluding hydrogens is 342 g/mol. The highest BCUT2D eigenvalue weighted by Crippen LogP contribution is 2.26. The number of aryl methyl sites for hydroxylation is 5. The summed E-state index contributed by atoms with van der Waals surface area (Å²) in [6.45, 7) is 3.98. The molecule has 0 bridgehead atoms. The Morgan fingerprint density at radius 2 is 1.81 bits per heavy atom. The van der Waals surface area contributed by atoms with Crippen LogP contribution in [0, 0.1) is 12.8 Å². The first kappa shape index (κ1) is 18.2. The third-order valence-corrected chi connectivity index (χ3v) is 6.95. The minimum Gasteiger partial charge on any atom is -0.446 e. The van der Waals surface area contributed by atoms with Gasteiger partial charge in [0.2, 0.25) is 0 Å². The first-order chi connectivity index (χ1) is 12.8. The molecular formula is C21H31N3OS. The van der Waals surface area contributed by atoms with E-state index in [1.807, 2.05) is 18.3 Å². The van der Waals surface area contributed by atoms with Crippen LogP contribution in [-0.4, -0.2) is 16.5 Å². The second kappa shape index (κ2) is 8.66. The van der Waals surface area contributed by atoms with Crippen molar-refractivity contribution in [1.82, 2.24) is 15.3 Å². The van der Waals surface area contributed by atoms with E-state index in [2.05, 4.69) is 10.3 Å². The zero-order valence-corrected chi connectivity index (χ0v) is 16.8. The monoisotopic (exact) mass is 373 g/mol. The van der Waals surface area contributed by atoms with E-state index in [1.54, 1.807) is 4.88 Å². The van der Waals surface area contributed by atoms with Crippen molar-refractivity contribution in [3.63, 3.8) is 0 Å². The van der Waals surface area contributed by atoms with Gasteiger partial charge in [-0.3, -0.25) is 0 Å². The van der Waals surface area contributed by atoms with Gasteiger partial charge in [-0.15, -0.1) is 11.3 Å². The minimum atomic E-state index is 0.731. The van der Waals surface area contributed by atoms with Crippen molar-refractivity contribution < 1.29 is 4.42 Å². The second-order valence-corrected chi connectivity index (χ2v) is 9.09. The number of thiazole rings is 1. The van der Waals surface area contributed by atoms with Gasteiger partial charge in [-0.25, -0.2) is 9.97 Å². The SMILES string of the molecule is Cc1nc2c(o1)CCC(CNCc1nc3c(s1)CCCCCC3)CCC2. The molecule has 1 N–H and O–H groups in total. The van der Waals surface area contributed by atoms with Gasteiger partial charge in [-0.2, -0.15) is 0 Å². The summed E-state index contributed by atoms with van der Waals surface area (Å²) in [7, 11) is 0. The van der Waals surface area contributed by atoms with Gasteiger partial charge in [-0.1, -0.05) is 12.8 Å². The topological polar surface area (TPSA) is 51.0 Å². The van der Waals surface area contributed by atoms with Gasteiger partial charge < -0.3 is 9.73 Å². The molecule has 5 heteroatoms. The van der Waals surface area contributed by atoms with Crippen molar-refractivity contribution in [3.8, 4) is 0 Å². The Hall–Kier alpha value is -1.20. The van der Waals surface area contributed by atoms with Crippen LogP contribution in [-0.2, 0) is 32.2 Å². The maximum Gasteiger partial charge on any atom is 0.191 e. The fourth-order valence-electron chi connectivity index (χ4n) is 4.36. The fraction of sp³-hybridized carbons (Fsp3) is 0.714. The van der Waals surface area contributed by atoms with E-state index in [9.17, 15) is 0 Å². The summed E-state index contributed by atoms with van der Waals surface area (Å²) in [6, 6.07) is 0. The second-order valence-electron chi connectivity index (χ2n) is 7.92. The van der Waals surface area contributed by atoms with Crippen LogP contribution in [0.1, 0.15) is 77.9 Å². The lowest BCUT2D eigenvalue weighted by Crippen LogP contribution is -2.24. The van der Waals surface area contributed by atoms with Crippen LogP contribution in [0.25, 0.3) is 0 Å². The zero-order valence-electron chi connectivity index (χ0n) is 16.0. The van der Waals surface area contributed by atoms with Gasteiger partial charge in [0.1, 0.15) is 10.8 Å². The number of nitrogens with zero attached hydrogens (tertiary/aromatic N) is 2. The van der Waals surface area contributed by atoms with Crippen molar-refractivity contribution in [2.45, 2.75) is 84.1 Å². The first-order valence-corrected chi connectivity index (χ1v) is 11.2. The Balaban J connectivity index is 1.27. The van der Waals surface area contributed by atoms with Crippen molar-refractivity contribution >= 4 is 11.3 Å². The molecule has 4 rings (SSSR count). The van der Waals surface area contributed by atoms with Crippen molar-refractivity contribution in [3.05, 3.63) is 32.9 Å². The molecule has 2 aliphatic rings. The highest BCUT2D eigenvalue weighted by atomic mass is 32.1. The lowest BCUT2D eigenvalue weighted by Gasteiger charge is -2.19. The number of nitrogens with one attached hydrogen (secondary N) is 1. The molecule has 142 valence electrons. The number of rotatable bonds is 4. The van der Waals surface area contributed by atoms with Crippen LogP contribution in [0.4, 0.5) is 0 Å². The van der Waals surface area contributed by atoms with E-state index in [0.717, 1.165) is 43.5 Å². The molecule has 2 heterocycles. The summed E-state index contributed by atoms with van der Waals surface area (Å²) in [6.07, 6.45) is 13.7. The molecule has 0 aromatic carbocycles. The normalized spacial score (nSPS) is 21.2. The molecule has 0 saturated heterocycles. The van der Waals surface area contributed by atoms with E-state index in [1.165, 1.54) is 74.2 Å². The molecule has 0 radical (unpaired) electrons. The Morgan fingerprint density at radius 3 is 2.73 bits per heavy atom. The number of aromatic nitrogens is 2. The number of hydrogen-bond acceptors (Lipinski definition) is 5. The van der Waals surface area contributed by atoms with Crippen molar-refractivity contribution in [2.75, 3.05) is 6.54 Å². The Morgan fingerprint density at radius 1 is 0.962 bits per heavy atom. The van der Waals surface area contributed by atoms with E-state index >= 15 is 0 Å². The summed E-state index contributed by atoms with van der Waals surface area (Å²) >= 11 is 1.95. The quantitative estimate of drug-likeness (QED) is 0.838. The maximum atomic E-state index is 5.79. The predicted molar refractivity (Wildman–Crippen MR) is 106 cm³/mol. The molecule has 0 saturated carbocycles. The van der Waals surface area contributed by atoms with Crippen LogP contribution < -0.4 is 5.32 Å². The van der Waals surface area contributed by atoms with E-state index < -0.39 is 0 Å². The molecule has 0 amide bonds. The summed E-state index contributed by atoms with van der Waals surface area (Å²) in [5, 5.41) is 4.98. The Bertz CT molecular complexity index is 695. The summed E-state index contributed by atoms with van der Waals surface area (Å²) < 4.78 is 5.79. The predicted octanol–water partition coefficient (Wildman–Crippen LogP) is 4.77. The molecule has 0 aliphatic heterocycles. The number of oxazole rings is 1. The van der Waals surface area contributed by atoms with E-state index in [4.69, 9.17) is 9.40 Å². The molecule has 26 heavy (non-hydrogen) atoms. The van der Waals surface area contributed by atoms with E-state index in [-0.39, 0.29) is 0 Å². The first-order valence-electron chi connectivity index (χ1n) is 10.4. The van der Waals surface area contributed by atoms with Crippen LogP contribution in [0.3, 0.4) is 0 Å². The maximum absolute atomic E-state index is 5.79. The van der Waals surface area contributed by atoms with Crippen molar-refractivity contribution in [2.24, 2.45) is 5.92 Å². The number of fused-ring (bicyclic) bond motifs is 2. The molecule has 2 aliphatic carbocycles. The molecule has 1 unspecified atom stereocenters. The van der Waals surface area contributed by atoms with Crippen LogP contribution in [0.2, 0.25) is 0 Å². The van der Waals surface area contributed by atoms with Crippen LogP contribution >= 0.6 is 11.3 Å². The molecule has 4 nitrogen and oxygen atoms in total. The molecule has 2 aromatic rings. The van der Waals surface area contributed by atoms with Crippen LogP contribution in [0.5, 0.6) is 0 Å². The highest BCUT2D eigenvalue weighted by molar-refractivity contribution is 7.11.